The highest BCUT2D eigenvalue weighted by Crippen LogP contribution is 2.33. The van der Waals surface area contributed by atoms with Gasteiger partial charge in [0.25, 0.3) is 5.91 Å². The average molecular weight is 415 g/mol. The van der Waals surface area contributed by atoms with E-state index in [0.29, 0.717) is 49.8 Å². The lowest BCUT2D eigenvalue weighted by atomic mass is 10.0. The molecule has 162 valence electrons. The van der Waals surface area contributed by atoms with E-state index < -0.39 is 5.72 Å². The van der Waals surface area contributed by atoms with E-state index in [1.54, 1.807) is 23.1 Å². The Kier molecular flexibility index (Phi) is 5.69. The number of fused-ring (bicyclic) bond motifs is 1. The predicted molar refractivity (Wildman–Crippen MR) is 111 cm³/mol. The van der Waals surface area contributed by atoms with E-state index in [1.807, 2.05) is 11.0 Å². The summed E-state index contributed by atoms with van der Waals surface area (Å²) >= 11 is 0. The van der Waals surface area contributed by atoms with Crippen molar-refractivity contribution in [2.75, 3.05) is 39.3 Å². The summed E-state index contributed by atoms with van der Waals surface area (Å²) in [6, 6.07) is 7.60. The molecule has 1 N–H and O–H groups in total. The van der Waals surface area contributed by atoms with E-state index in [9.17, 15) is 14.4 Å². The second-order valence-electron chi connectivity index (χ2n) is 8.62. The Balaban J connectivity index is 1.38. The maximum Gasteiger partial charge on any atom is 0.258 e. The van der Waals surface area contributed by atoms with Gasteiger partial charge in [0.05, 0.1) is 12.1 Å². The lowest BCUT2D eigenvalue weighted by Gasteiger charge is -2.38. The maximum atomic E-state index is 12.8. The SMILES string of the molecule is CC(C)N1CCN(C(=O)CN2CC[C@@]3(CCC2=O)NC(=O)c2ccccc2O3)CC1. The molecule has 3 heterocycles. The molecule has 4 rings (SSSR count). The van der Waals surface area contributed by atoms with Gasteiger partial charge >= 0.3 is 0 Å². The first-order valence-corrected chi connectivity index (χ1v) is 10.8. The van der Waals surface area contributed by atoms with Crippen LogP contribution in [0.5, 0.6) is 5.75 Å². The molecule has 1 atom stereocenters. The Morgan fingerprint density at radius 3 is 2.57 bits per heavy atom. The fourth-order valence-electron chi connectivity index (χ4n) is 4.43. The molecule has 0 aromatic heterocycles. The van der Waals surface area contributed by atoms with Gasteiger partial charge in [-0.3, -0.25) is 19.3 Å². The molecule has 3 amide bonds. The topological polar surface area (TPSA) is 82.2 Å². The minimum absolute atomic E-state index is 0.0124. The van der Waals surface area contributed by atoms with Crippen LogP contribution in [0.25, 0.3) is 0 Å². The number of carbonyl (C=O) groups excluding carboxylic acids is 3. The number of nitrogens with one attached hydrogen (secondary N) is 1. The van der Waals surface area contributed by atoms with Crippen LogP contribution < -0.4 is 10.1 Å². The summed E-state index contributed by atoms with van der Waals surface area (Å²) in [6.07, 6.45) is 1.08. The molecule has 30 heavy (non-hydrogen) atoms. The molecule has 1 aromatic rings. The number of hydrogen-bond donors (Lipinski definition) is 1. The predicted octanol–water partition coefficient (Wildman–Crippen LogP) is 1.07. The Morgan fingerprint density at radius 1 is 1.10 bits per heavy atom. The Hall–Kier alpha value is -2.61. The van der Waals surface area contributed by atoms with Crippen molar-refractivity contribution in [3.63, 3.8) is 0 Å². The van der Waals surface area contributed by atoms with Gasteiger partial charge in [-0.05, 0) is 26.0 Å². The van der Waals surface area contributed by atoms with Gasteiger partial charge in [0.1, 0.15) is 5.75 Å². The van der Waals surface area contributed by atoms with Crippen LogP contribution in [-0.4, -0.2) is 83.5 Å². The van der Waals surface area contributed by atoms with E-state index in [-0.39, 0.29) is 30.7 Å². The number of ether oxygens (including phenoxy) is 1. The van der Waals surface area contributed by atoms with Crippen molar-refractivity contribution < 1.29 is 19.1 Å². The van der Waals surface area contributed by atoms with Crippen molar-refractivity contribution in [1.82, 2.24) is 20.0 Å². The normalized spacial score (nSPS) is 25.0. The monoisotopic (exact) mass is 414 g/mol. The van der Waals surface area contributed by atoms with Crippen LogP contribution in [0.15, 0.2) is 24.3 Å². The summed E-state index contributed by atoms with van der Waals surface area (Å²) in [5, 5.41) is 2.96. The van der Waals surface area contributed by atoms with Gasteiger partial charge in [0, 0.05) is 58.0 Å². The molecule has 8 nitrogen and oxygen atoms in total. The Bertz CT molecular complexity index is 834. The molecule has 0 radical (unpaired) electrons. The summed E-state index contributed by atoms with van der Waals surface area (Å²) in [6.45, 7) is 7.89. The standard InChI is InChI=1S/C22H30N4O4/c1-16(2)24-11-13-25(14-12-24)20(28)15-26-10-9-22(8-7-19(26)27)23-21(29)17-5-3-4-6-18(17)30-22/h3-6,16H,7-15H2,1-2H3,(H,23,29)/t22-/m0/s1. The highest BCUT2D eigenvalue weighted by atomic mass is 16.5. The van der Waals surface area contributed by atoms with Crippen molar-refractivity contribution in [2.45, 2.75) is 44.9 Å². The zero-order valence-electron chi connectivity index (χ0n) is 17.7. The lowest BCUT2D eigenvalue weighted by Crippen LogP contribution is -2.56. The zero-order valence-corrected chi connectivity index (χ0v) is 17.7. The molecule has 2 saturated heterocycles. The first kappa shape index (κ1) is 20.7. The van der Waals surface area contributed by atoms with Gasteiger partial charge < -0.3 is 19.9 Å². The number of amides is 3. The highest BCUT2D eigenvalue weighted by Gasteiger charge is 2.43. The lowest BCUT2D eigenvalue weighted by molar-refractivity contribution is -0.141. The Labute approximate surface area is 177 Å². The van der Waals surface area contributed by atoms with Crippen LogP contribution in [-0.2, 0) is 9.59 Å². The molecule has 0 bridgehead atoms. The first-order valence-electron chi connectivity index (χ1n) is 10.8. The summed E-state index contributed by atoms with van der Waals surface area (Å²) in [5.74, 6) is 0.275. The molecular formula is C22H30N4O4. The van der Waals surface area contributed by atoms with E-state index in [0.717, 1.165) is 13.1 Å². The van der Waals surface area contributed by atoms with Crippen molar-refractivity contribution >= 4 is 17.7 Å². The minimum atomic E-state index is -0.901. The summed E-state index contributed by atoms with van der Waals surface area (Å²) in [4.78, 5) is 43.9. The molecule has 0 saturated carbocycles. The van der Waals surface area contributed by atoms with Crippen molar-refractivity contribution in [1.29, 1.82) is 0 Å². The second kappa shape index (κ2) is 8.26. The number of piperazine rings is 1. The van der Waals surface area contributed by atoms with Gasteiger partial charge in [-0.15, -0.1) is 0 Å². The second-order valence-corrected chi connectivity index (χ2v) is 8.62. The van der Waals surface area contributed by atoms with Crippen molar-refractivity contribution in [3.8, 4) is 5.75 Å². The zero-order chi connectivity index (χ0) is 21.3. The average Bonchev–Trinajstić information content (AvgIpc) is 2.88. The molecule has 1 aromatic carbocycles. The van der Waals surface area contributed by atoms with E-state index in [4.69, 9.17) is 4.74 Å². The fraction of sp³-hybridized carbons (Fsp3) is 0.591. The minimum Gasteiger partial charge on any atom is -0.467 e. The van der Waals surface area contributed by atoms with Crippen LogP contribution in [0.2, 0.25) is 0 Å². The van der Waals surface area contributed by atoms with E-state index in [2.05, 4.69) is 24.1 Å². The van der Waals surface area contributed by atoms with Crippen LogP contribution in [0.4, 0.5) is 0 Å². The number of carbonyl (C=O) groups is 3. The van der Waals surface area contributed by atoms with Crippen LogP contribution in [0.1, 0.15) is 43.5 Å². The third-order valence-electron chi connectivity index (χ3n) is 6.38. The quantitative estimate of drug-likeness (QED) is 0.800. The molecule has 0 aliphatic carbocycles. The van der Waals surface area contributed by atoms with Crippen molar-refractivity contribution in [2.24, 2.45) is 0 Å². The molecule has 0 unspecified atom stereocenters. The first-order chi connectivity index (χ1) is 14.4. The van der Waals surface area contributed by atoms with Gasteiger partial charge in [-0.1, -0.05) is 12.1 Å². The third-order valence-corrected chi connectivity index (χ3v) is 6.38. The fourth-order valence-corrected chi connectivity index (χ4v) is 4.43. The smallest absolute Gasteiger partial charge is 0.258 e. The van der Waals surface area contributed by atoms with E-state index in [1.165, 1.54) is 0 Å². The molecule has 8 heteroatoms. The highest BCUT2D eigenvalue weighted by molar-refractivity contribution is 5.98. The number of rotatable bonds is 3. The van der Waals surface area contributed by atoms with Crippen LogP contribution in [0, 0.1) is 0 Å². The molecule has 3 aliphatic rings. The number of benzene rings is 1. The van der Waals surface area contributed by atoms with E-state index >= 15 is 0 Å². The van der Waals surface area contributed by atoms with Crippen LogP contribution in [0.3, 0.4) is 0 Å². The number of nitrogens with zero attached hydrogens (tertiary/aromatic N) is 3. The summed E-state index contributed by atoms with van der Waals surface area (Å²) in [7, 11) is 0. The van der Waals surface area contributed by atoms with Gasteiger partial charge in [0.2, 0.25) is 11.8 Å². The third kappa shape index (κ3) is 4.14. The van der Waals surface area contributed by atoms with Gasteiger partial charge in [0.15, 0.2) is 5.72 Å². The summed E-state index contributed by atoms with van der Waals surface area (Å²) in [5.41, 5.74) is -0.395. The molecule has 3 aliphatic heterocycles. The van der Waals surface area contributed by atoms with Gasteiger partial charge in [-0.25, -0.2) is 0 Å². The largest absolute Gasteiger partial charge is 0.467 e. The van der Waals surface area contributed by atoms with Crippen LogP contribution >= 0.6 is 0 Å². The van der Waals surface area contributed by atoms with Crippen molar-refractivity contribution in [3.05, 3.63) is 29.8 Å². The summed E-state index contributed by atoms with van der Waals surface area (Å²) < 4.78 is 6.15. The number of hydrogen-bond acceptors (Lipinski definition) is 5. The molecule has 1 spiro atoms. The Morgan fingerprint density at radius 2 is 1.83 bits per heavy atom. The number of para-hydroxylation sites is 1. The molecule has 2 fully saturated rings. The maximum absolute atomic E-state index is 12.8. The number of likely N-dealkylation sites (tertiary alicyclic amines) is 1. The molecular weight excluding hydrogens is 384 g/mol. The van der Waals surface area contributed by atoms with Gasteiger partial charge in [-0.2, -0.15) is 0 Å².